The fourth-order valence-corrected chi connectivity index (χ4v) is 1.09. The molecule has 0 amide bonds. The molecular formula is C9H17O3. The van der Waals surface area contributed by atoms with Crippen molar-refractivity contribution < 1.29 is 14.2 Å². The Morgan fingerprint density at radius 1 is 1.25 bits per heavy atom. The second-order valence-electron chi connectivity index (χ2n) is 3.95. The highest BCUT2D eigenvalue weighted by atomic mass is 16.7. The molecule has 0 N–H and O–H groups in total. The Morgan fingerprint density at radius 3 is 2.17 bits per heavy atom. The van der Waals surface area contributed by atoms with Crippen LogP contribution >= 0.6 is 0 Å². The van der Waals surface area contributed by atoms with Crippen LogP contribution in [-0.2, 0) is 14.2 Å². The highest BCUT2D eigenvalue weighted by Crippen LogP contribution is 2.15. The molecule has 71 valence electrons. The molecular weight excluding hydrogens is 156 g/mol. The van der Waals surface area contributed by atoms with Crippen molar-refractivity contribution in [1.29, 1.82) is 0 Å². The zero-order valence-electron chi connectivity index (χ0n) is 8.00. The Hall–Kier alpha value is -0.120. The first-order chi connectivity index (χ1) is 5.47. The first-order valence-corrected chi connectivity index (χ1v) is 4.21. The van der Waals surface area contributed by atoms with Crippen molar-refractivity contribution in [3.05, 3.63) is 6.92 Å². The third-order valence-electron chi connectivity index (χ3n) is 1.46. The van der Waals surface area contributed by atoms with Crippen LogP contribution in [0.4, 0.5) is 0 Å². The monoisotopic (exact) mass is 173 g/mol. The number of hydrogen-bond donors (Lipinski definition) is 0. The Morgan fingerprint density at radius 2 is 1.75 bits per heavy atom. The van der Waals surface area contributed by atoms with Crippen LogP contribution in [0.25, 0.3) is 0 Å². The van der Waals surface area contributed by atoms with E-state index in [0.29, 0.717) is 13.2 Å². The molecule has 12 heavy (non-hydrogen) atoms. The van der Waals surface area contributed by atoms with E-state index in [1.807, 2.05) is 20.8 Å². The van der Waals surface area contributed by atoms with E-state index in [0.717, 1.165) is 0 Å². The Kier molecular flexibility index (Phi) is 3.09. The molecule has 1 radical (unpaired) electrons. The summed E-state index contributed by atoms with van der Waals surface area (Å²) in [5.74, 6) is 0. The van der Waals surface area contributed by atoms with Gasteiger partial charge in [0.2, 0.25) is 0 Å². The first kappa shape index (κ1) is 9.96. The predicted molar refractivity (Wildman–Crippen MR) is 45.7 cm³/mol. The molecule has 1 fully saturated rings. The van der Waals surface area contributed by atoms with Gasteiger partial charge in [-0.25, -0.2) is 0 Å². The third-order valence-corrected chi connectivity index (χ3v) is 1.46. The molecule has 1 heterocycles. The molecule has 1 aliphatic heterocycles. The van der Waals surface area contributed by atoms with E-state index >= 15 is 0 Å². The van der Waals surface area contributed by atoms with Crippen molar-refractivity contribution >= 4 is 0 Å². The molecule has 3 nitrogen and oxygen atoms in total. The van der Waals surface area contributed by atoms with Gasteiger partial charge in [-0.2, -0.15) is 0 Å². The first-order valence-electron chi connectivity index (χ1n) is 4.21. The lowest BCUT2D eigenvalue weighted by Gasteiger charge is -2.32. The average molecular weight is 173 g/mol. The molecule has 0 aromatic rings. The van der Waals surface area contributed by atoms with E-state index in [9.17, 15) is 0 Å². The normalized spacial score (nSPS) is 32.0. The van der Waals surface area contributed by atoms with Gasteiger partial charge in [0.05, 0.1) is 18.8 Å². The number of hydrogen-bond acceptors (Lipinski definition) is 3. The average Bonchev–Trinajstić information content (AvgIpc) is 1.91. The molecule has 1 saturated heterocycles. The molecule has 3 heteroatoms. The minimum atomic E-state index is -0.329. The third kappa shape index (κ3) is 3.52. The van der Waals surface area contributed by atoms with E-state index in [-0.39, 0.29) is 18.0 Å². The van der Waals surface area contributed by atoms with Gasteiger partial charge in [-0.3, -0.25) is 0 Å². The highest BCUT2D eigenvalue weighted by molar-refractivity contribution is 4.69. The maximum Gasteiger partial charge on any atom is 0.158 e. The van der Waals surface area contributed by atoms with E-state index in [4.69, 9.17) is 14.2 Å². The van der Waals surface area contributed by atoms with Gasteiger partial charge in [0, 0.05) is 6.92 Å². The van der Waals surface area contributed by atoms with Crippen LogP contribution in [0.3, 0.4) is 0 Å². The Bertz CT molecular complexity index is 131. The zero-order chi connectivity index (χ0) is 9.19. The smallest absolute Gasteiger partial charge is 0.158 e. The van der Waals surface area contributed by atoms with E-state index < -0.39 is 0 Å². The van der Waals surface area contributed by atoms with Crippen LogP contribution in [0.5, 0.6) is 0 Å². The summed E-state index contributed by atoms with van der Waals surface area (Å²) in [5, 5.41) is 0. The standard InChI is InChI=1S/C9H17O3/c1-7-10-5-8(6-11-7)12-9(2,3)4/h7-8H,1,5-6H2,2-4H3. The largest absolute Gasteiger partial charge is 0.368 e. The summed E-state index contributed by atoms with van der Waals surface area (Å²) in [5.41, 5.74) is -0.134. The summed E-state index contributed by atoms with van der Waals surface area (Å²) in [4.78, 5) is 0. The number of rotatable bonds is 1. The SMILES string of the molecule is [CH2]C1OCC(OC(C)(C)C)CO1. The summed E-state index contributed by atoms with van der Waals surface area (Å²) < 4.78 is 16.0. The van der Waals surface area contributed by atoms with Crippen LogP contribution in [-0.4, -0.2) is 31.2 Å². The molecule has 0 atom stereocenters. The maximum atomic E-state index is 5.65. The highest BCUT2D eigenvalue weighted by Gasteiger charge is 2.24. The molecule has 0 bridgehead atoms. The van der Waals surface area contributed by atoms with Gasteiger partial charge in [-0.1, -0.05) is 0 Å². The van der Waals surface area contributed by atoms with Gasteiger partial charge in [-0.05, 0) is 20.8 Å². The van der Waals surface area contributed by atoms with Crippen LogP contribution in [0.1, 0.15) is 20.8 Å². The van der Waals surface area contributed by atoms with Gasteiger partial charge < -0.3 is 14.2 Å². The summed E-state index contributed by atoms with van der Waals surface area (Å²) in [6, 6.07) is 0. The second-order valence-corrected chi connectivity index (χ2v) is 3.95. The topological polar surface area (TPSA) is 27.7 Å². The lowest BCUT2D eigenvalue weighted by molar-refractivity contribution is -0.226. The summed E-state index contributed by atoms with van der Waals surface area (Å²) >= 11 is 0. The minimum Gasteiger partial charge on any atom is -0.368 e. The van der Waals surface area contributed by atoms with Crippen molar-refractivity contribution in [2.75, 3.05) is 13.2 Å². The second kappa shape index (κ2) is 3.73. The van der Waals surface area contributed by atoms with Gasteiger partial charge >= 0.3 is 0 Å². The lowest BCUT2D eigenvalue weighted by Crippen LogP contribution is -2.40. The molecule has 0 spiro atoms. The van der Waals surface area contributed by atoms with Crippen molar-refractivity contribution in [2.24, 2.45) is 0 Å². The van der Waals surface area contributed by atoms with Crippen molar-refractivity contribution in [3.8, 4) is 0 Å². The minimum absolute atomic E-state index is 0.0444. The predicted octanol–water partition coefficient (Wildman–Crippen LogP) is 1.38. The van der Waals surface area contributed by atoms with Crippen molar-refractivity contribution in [1.82, 2.24) is 0 Å². The van der Waals surface area contributed by atoms with E-state index in [2.05, 4.69) is 6.92 Å². The maximum absolute atomic E-state index is 5.65. The van der Waals surface area contributed by atoms with Crippen LogP contribution in [0, 0.1) is 6.92 Å². The van der Waals surface area contributed by atoms with Crippen molar-refractivity contribution in [2.45, 2.75) is 38.8 Å². The van der Waals surface area contributed by atoms with Crippen LogP contribution < -0.4 is 0 Å². The Balaban J connectivity index is 2.26. The van der Waals surface area contributed by atoms with Crippen molar-refractivity contribution in [3.63, 3.8) is 0 Å². The lowest BCUT2D eigenvalue weighted by atomic mass is 10.2. The van der Waals surface area contributed by atoms with Gasteiger partial charge in [0.15, 0.2) is 6.29 Å². The fraction of sp³-hybridized carbons (Fsp3) is 0.889. The zero-order valence-corrected chi connectivity index (χ0v) is 8.00. The van der Waals surface area contributed by atoms with Gasteiger partial charge in [0.1, 0.15) is 6.10 Å². The molecule has 0 unspecified atom stereocenters. The molecule has 1 aliphatic rings. The van der Waals surface area contributed by atoms with E-state index in [1.165, 1.54) is 0 Å². The van der Waals surface area contributed by atoms with E-state index in [1.54, 1.807) is 0 Å². The quantitative estimate of drug-likeness (QED) is 0.599. The number of ether oxygens (including phenoxy) is 3. The van der Waals surface area contributed by atoms with Gasteiger partial charge in [-0.15, -0.1) is 0 Å². The molecule has 0 saturated carbocycles. The Labute approximate surface area is 74.0 Å². The summed E-state index contributed by atoms with van der Waals surface area (Å²) in [6.07, 6.45) is -0.284. The molecule has 1 rings (SSSR count). The fourth-order valence-electron chi connectivity index (χ4n) is 1.09. The molecule has 0 aromatic heterocycles. The van der Waals surface area contributed by atoms with Crippen LogP contribution in [0.15, 0.2) is 0 Å². The molecule has 0 aliphatic carbocycles. The summed E-state index contributed by atoms with van der Waals surface area (Å²) in [6.45, 7) is 10.8. The molecule has 0 aromatic carbocycles. The van der Waals surface area contributed by atoms with Crippen LogP contribution in [0.2, 0.25) is 0 Å². The van der Waals surface area contributed by atoms with Gasteiger partial charge in [0.25, 0.3) is 0 Å². The summed E-state index contributed by atoms with van der Waals surface area (Å²) in [7, 11) is 0.